The van der Waals surface area contributed by atoms with Crippen molar-refractivity contribution in [2.75, 3.05) is 45.2 Å². The van der Waals surface area contributed by atoms with Crippen molar-refractivity contribution >= 4 is 33.5 Å². The Balaban J connectivity index is 1.66. The van der Waals surface area contributed by atoms with Crippen molar-refractivity contribution in [3.8, 4) is 0 Å². The summed E-state index contributed by atoms with van der Waals surface area (Å²) in [5.41, 5.74) is 3.26. The molecular weight excluding hydrogens is 356 g/mol. The number of nitrogens with zero attached hydrogens (tertiary/aromatic N) is 3. The largest absolute Gasteiger partial charge is 0.376 e. The van der Waals surface area contributed by atoms with Gasteiger partial charge in [-0.1, -0.05) is 18.2 Å². The van der Waals surface area contributed by atoms with Gasteiger partial charge >= 0.3 is 0 Å². The zero-order valence-corrected chi connectivity index (χ0v) is 16.8. The molecule has 0 spiro atoms. The van der Waals surface area contributed by atoms with Crippen molar-refractivity contribution in [1.82, 2.24) is 9.80 Å². The molecule has 2 aromatic rings. The van der Waals surface area contributed by atoms with Gasteiger partial charge in [-0.05, 0) is 32.2 Å². The van der Waals surface area contributed by atoms with E-state index in [1.54, 1.807) is 17.4 Å². The number of para-hydroxylation sites is 2. The van der Waals surface area contributed by atoms with Crippen LogP contribution in [0.15, 0.2) is 48.0 Å². The lowest BCUT2D eigenvalue weighted by atomic mass is 10.1. The Morgan fingerprint density at radius 1 is 1.37 bits per heavy atom. The van der Waals surface area contributed by atoms with E-state index in [0.29, 0.717) is 19.3 Å². The Bertz CT molecular complexity index is 860. The van der Waals surface area contributed by atoms with E-state index in [2.05, 4.69) is 59.9 Å². The number of piperazine rings is 1. The third kappa shape index (κ3) is 3.78. The van der Waals surface area contributed by atoms with Gasteiger partial charge in [-0.15, -0.1) is 17.9 Å². The smallest absolute Gasteiger partial charge is 0.139 e. The molecule has 1 aromatic heterocycles. The average Bonchev–Trinajstić information content (AvgIpc) is 2.95. The molecule has 142 valence electrons. The Labute approximate surface area is 165 Å². The van der Waals surface area contributed by atoms with Crippen LogP contribution in [0.5, 0.6) is 0 Å². The molecular formula is C21H26N4OS. The van der Waals surface area contributed by atoms with Crippen molar-refractivity contribution in [1.29, 1.82) is 0 Å². The topological polar surface area (TPSA) is 40.1 Å². The second-order valence-corrected chi connectivity index (χ2v) is 8.34. The molecule has 1 fully saturated rings. The number of thiophene rings is 1. The second kappa shape index (κ2) is 7.84. The number of ether oxygens (including phenoxy) is 1. The average molecular weight is 383 g/mol. The monoisotopic (exact) mass is 382 g/mol. The summed E-state index contributed by atoms with van der Waals surface area (Å²) in [5.74, 6) is 1.06. The Kier molecular flexibility index (Phi) is 5.29. The number of amidine groups is 1. The van der Waals surface area contributed by atoms with E-state index in [0.717, 1.165) is 36.8 Å². The quantitative estimate of drug-likeness (QED) is 0.641. The highest BCUT2D eigenvalue weighted by Gasteiger charge is 2.30. The van der Waals surface area contributed by atoms with Gasteiger partial charge in [0, 0.05) is 24.5 Å². The number of rotatable bonds is 4. The van der Waals surface area contributed by atoms with Crippen LogP contribution in [0.2, 0.25) is 0 Å². The highest BCUT2D eigenvalue weighted by atomic mass is 32.1. The lowest BCUT2D eigenvalue weighted by Gasteiger charge is -2.40. The summed E-state index contributed by atoms with van der Waals surface area (Å²) in [4.78, 5) is 11.2. The fraction of sp³-hybridized carbons (Fsp3) is 0.381. The van der Waals surface area contributed by atoms with E-state index < -0.39 is 0 Å². The molecule has 0 aliphatic carbocycles. The van der Waals surface area contributed by atoms with E-state index in [1.807, 2.05) is 6.07 Å². The van der Waals surface area contributed by atoms with Crippen molar-refractivity contribution in [3.63, 3.8) is 0 Å². The number of fused-ring (bicyclic) bond motifs is 2. The third-order valence-corrected chi connectivity index (χ3v) is 6.06. The normalized spacial score (nSPS) is 19.6. The van der Waals surface area contributed by atoms with Gasteiger partial charge in [0.1, 0.15) is 10.8 Å². The minimum Gasteiger partial charge on any atom is -0.376 e. The number of hydrogen-bond acceptors (Lipinski definition) is 6. The molecule has 0 amide bonds. The Morgan fingerprint density at radius 2 is 2.22 bits per heavy atom. The van der Waals surface area contributed by atoms with Crippen LogP contribution in [0.1, 0.15) is 10.4 Å². The molecule has 1 saturated heterocycles. The summed E-state index contributed by atoms with van der Waals surface area (Å²) in [6, 6.07) is 10.9. The van der Waals surface area contributed by atoms with Gasteiger partial charge in [-0.3, -0.25) is 4.90 Å². The van der Waals surface area contributed by atoms with Crippen LogP contribution >= 0.6 is 11.3 Å². The van der Waals surface area contributed by atoms with E-state index in [4.69, 9.17) is 9.73 Å². The minimum absolute atomic E-state index is 0.344. The fourth-order valence-electron chi connectivity index (χ4n) is 3.59. The van der Waals surface area contributed by atoms with Crippen molar-refractivity contribution in [3.05, 3.63) is 53.4 Å². The predicted molar refractivity (Wildman–Crippen MR) is 114 cm³/mol. The maximum atomic E-state index is 5.75. The first-order chi connectivity index (χ1) is 13.2. The molecule has 0 radical (unpaired) electrons. The van der Waals surface area contributed by atoms with E-state index in [-0.39, 0.29) is 0 Å². The van der Waals surface area contributed by atoms with Crippen molar-refractivity contribution in [2.45, 2.75) is 13.0 Å². The molecule has 3 heterocycles. The highest BCUT2D eigenvalue weighted by Crippen LogP contribution is 2.39. The van der Waals surface area contributed by atoms with Crippen LogP contribution in [-0.4, -0.2) is 61.6 Å². The zero-order chi connectivity index (χ0) is 18.8. The molecule has 2 aliphatic heterocycles. The summed E-state index contributed by atoms with van der Waals surface area (Å²) in [6.45, 7) is 10.1. The highest BCUT2D eigenvalue weighted by molar-refractivity contribution is 7.16. The first-order valence-corrected chi connectivity index (χ1v) is 10.2. The molecule has 4 rings (SSSR count). The number of hydrogen-bond donors (Lipinski definition) is 1. The van der Waals surface area contributed by atoms with Gasteiger partial charge < -0.3 is 15.0 Å². The number of aliphatic imine (C=N–C) groups is 1. The van der Waals surface area contributed by atoms with Crippen LogP contribution in [0.4, 0.5) is 16.4 Å². The summed E-state index contributed by atoms with van der Waals surface area (Å²) < 4.78 is 5.75. The molecule has 5 nitrogen and oxygen atoms in total. The van der Waals surface area contributed by atoms with Gasteiger partial charge in [0.15, 0.2) is 0 Å². The zero-order valence-electron chi connectivity index (χ0n) is 15.9. The molecule has 1 atom stereocenters. The number of likely N-dealkylation sites (N-methyl/N-ethyl adjacent to an activating group) is 1. The predicted octanol–water partition coefficient (Wildman–Crippen LogP) is 4.01. The standard InChI is InChI=1S/C21H26N4OS/c1-4-11-26-14-16-13-25(10-9-24(16)3)20-17-12-15(2)27-21(17)23-19-8-6-5-7-18(19)22-20/h4-8,12,16,23H,1,9-11,13-14H2,2-3H3. The van der Waals surface area contributed by atoms with Crippen LogP contribution < -0.4 is 5.32 Å². The second-order valence-electron chi connectivity index (χ2n) is 7.08. The summed E-state index contributed by atoms with van der Waals surface area (Å²) in [7, 11) is 2.17. The number of aryl methyl sites for hydroxylation is 1. The summed E-state index contributed by atoms with van der Waals surface area (Å²) in [6.07, 6.45) is 1.80. The van der Waals surface area contributed by atoms with Gasteiger partial charge in [0.05, 0.1) is 36.2 Å². The SMILES string of the molecule is C=CCOCC1CN(C2=Nc3ccccc3Nc3sc(C)cc32)CCN1C. The van der Waals surface area contributed by atoms with Gasteiger partial charge in [0.25, 0.3) is 0 Å². The number of nitrogens with one attached hydrogen (secondary N) is 1. The summed E-state index contributed by atoms with van der Waals surface area (Å²) in [5, 5.41) is 4.76. The first-order valence-electron chi connectivity index (χ1n) is 9.35. The third-order valence-electron chi connectivity index (χ3n) is 5.10. The van der Waals surface area contributed by atoms with Crippen molar-refractivity contribution < 1.29 is 4.74 Å². The van der Waals surface area contributed by atoms with E-state index in [9.17, 15) is 0 Å². The van der Waals surface area contributed by atoms with Crippen molar-refractivity contribution in [2.24, 2.45) is 4.99 Å². The molecule has 0 saturated carbocycles. The lowest BCUT2D eigenvalue weighted by Crippen LogP contribution is -2.55. The maximum Gasteiger partial charge on any atom is 0.139 e. The molecule has 1 unspecified atom stereocenters. The maximum absolute atomic E-state index is 5.75. The molecule has 27 heavy (non-hydrogen) atoms. The molecule has 1 N–H and O–H groups in total. The van der Waals surface area contributed by atoms with Gasteiger partial charge in [0.2, 0.25) is 0 Å². The molecule has 0 bridgehead atoms. The lowest BCUT2D eigenvalue weighted by molar-refractivity contribution is 0.0510. The fourth-order valence-corrected chi connectivity index (χ4v) is 4.51. The molecule has 2 aliphatic rings. The van der Waals surface area contributed by atoms with Gasteiger partial charge in [-0.25, -0.2) is 4.99 Å². The number of anilines is 2. The first kappa shape index (κ1) is 18.2. The number of benzene rings is 1. The van der Waals surface area contributed by atoms with Crippen LogP contribution in [0.3, 0.4) is 0 Å². The Morgan fingerprint density at radius 3 is 3.07 bits per heavy atom. The van der Waals surface area contributed by atoms with Gasteiger partial charge in [-0.2, -0.15) is 0 Å². The van der Waals surface area contributed by atoms with Crippen LogP contribution in [0, 0.1) is 6.92 Å². The molecule has 1 aromatic carbocycles. The minimum atomic E-state index is 0.344. The van der Waals surface area contributed by atoms with Crippen LogP contribution in [-0.2, 0) is 4.74 Å². The van der Waals surface area contributed by atoms with E-state index in [1.165, 1.54) is 15.4 Å². The Hall–Kier alpha value is -2.15. The summed E-state index contributed by atoms with van der Waals surface area (Å²) >= 11 is 1.79. The van der Waals surface area contributed by atoms with Crippen LogP contribution in [0.25, 0.3) is 0 Å². The molecule has 6 heteroatoms. The van der Waals surface area contributed by atoms with E-state index >= 15 is 0 Å².